The first-order valence-electron chi connectivity index (χ1n) is 6.72. The molecule has 1 saturated heterocycles. The van der Waals surface area contributed by atoms with Crippen molar-refractivity contribution in [2.24, 2.45) is 0 Å². The van der Waals surface area contributed by atoms with Gasteiger partial charge >= 0.3 is 0 Å². The molecule has 112 valence electrons. The number of hydrogen-bond acceptors (Lipinski definition) is 4. The average Bonchev–Trinajstić information content (AvgIpc) is 2.47. The first-order valence-corrected chi connectivity index (χ1v) is 7.71. The Balaban J connectivity index is 0.00000200. The normalized spacial score (nSPS) is 15.4. The van der Waals surface area contributed by atoms with E-state index in [0.29, 0.717) is 5.75 Å². The molecule has 1 aliphatic rings. The van der Waals surface area contributed by atoms with Crippen LogP contribution in [0.3, 0.4) is 0 Å². The average molecular weight is 316 g/mol. The predicted molar refractivity (Wildman–Crippen MR) is 86.7 cm³/mol. The van der Waals surface area contributed by atoms with E-state index in [1.807, 2.05) is 30.3 Å². The molecule has 0 spiro atoms. The van der Waals surface area contributed by atoms with Gasteiger partial charge in [0, 0.05) is 44.2 Å². The zero-order valence-corrected chi connectivity index (χ0v) is 13.1. The van der Waals surface area contributed by atoms with Crippen molar-refractivity contribution in [3.05, 3.63) is 30.3 Å². The van der Waals surface area contributed by atoms with Gasteiger partial charge in [0.25, 0.3) is 0 Å². The Morgan fingerprint density at radius 3 is 2.65 bits per heavy atom. The number of nitrogens with one attached hydrogen (secondary N) is 2. The SMILES string of the molecule is Cl.O=C(CSc1ccccc1)NCCN1CCNCC1. The lowest BCUT2D eigenvalue weighted by Crippen LogP contribution is -2.46. The number of carbonyl (C=O) groups is 1. The lowest BCUT2D eigenvalue weighted by atomic mass is 10.3. The zero-order chi connectivity index (χ0) is 13.3. The molecule has 1 heterocycles. The summed E-state index contributed by atoms with van der Waals surface area (Å²) < 4.78 is 0. The van der Waals surface area contributed by atoms with Gasteiger partial charge in [0.1, 0.15) is 0 Å². The molecule has 0 bridgehead atoms. The van der Waals surface area contributed by atoms with Crippen molar-refractivity contribution >= 4 is 30.1 Å². The molecule has 0 aliphatic carbocycles. The Hall–Kier alpha value is -0.750. The minimum atomic E-state index is 0. The van der Waals surface area contributed by atoms with Gasteiger partial charge < -0.3 is 10.6 Å². The van der Waals surface area contributed by atoms with Crippen molar-refractivity contribution in [2.45, 2.75) is 4.90 Å². The maximum atomic E-state index is 11.7. The number of piperazine rings is 1. The molecule has 0 unspecified atom stereocenters. The number of carbonyl (C=O) groups excluding carboxylic acids is 1. The van der Waals surface area contributed by atoms with Crippen LogP contribution >= 0.6 is 24.2 Å². The quantitative estimate of drug-likeness (QED) is 0.775. The molecule has 4 nitrogen and oxygen atoms in total. The first-order chi connectivity index (χ1) is 9.34. The third kappa shape index (κ3) is 6.61. The molecule has 0 aromatic heterocycles. The smallest absolute Gasteiger partial charge is 0.230 e. The molecule has 1 amide bonds. The van der Waals surface area contributed by atoms with Crippen LogP contribution in [0.5, 0.6) is 0 Å². The van der Waals surface area contributed by atoms with Crippen LogP contribution in [0.25, 0.3) is 0 Å². The van der Waals surface area contributed by atoms with E-state index >= 15 is 0 Å². The van der Waals surface area contributed by atoms with Crippen LogP contribution in [0.1, 0.15) is 0 Å². The summed E-state index contributed by atoms with van der Waals surface area (Å²) in [6, 6.07) is 10.0. The molecular weight excluding hydrogens is 294 g/mol. The van der Waals surface area contributed by atoms with E-state index in [-0.39, 0.29) is 18.3 Å². The molecule has 1 fully saturated rings. The molecule has 2 rings (SSSR count). The van der Waals surface area contributed by atoms with Gasteiger partial charge in [-0.2, -0.15) is 0 Å². The van der Waals surface area contributed by atoms with Gasteiger partial charge in [-0.3, -0.25) is 9.69 Å². The molecule has 1 aromatic carbocycles. The van der Waals surface area contributed by atoms with E-state index in [0.717, 1.165) is 44.2 Å². The Morgan fingerprint density at radius 1 is 1.25 bits per heavy atom. The lowest BCUT2D eigenvalue weighted by Gasteiger charge is -2.27. The van der Waals surface area contributed by atoms with Gasteiger partial charge in [-0.05, 0) is 12.1 Å². The van der Waals surface area contributed by atoms with Gasteiger partial charge in [-0.15, -0.1) is 24.2 Å². The number of rotatable bonds is 6. The summed E-state index contributed by atoms with van der Waals surface area (Å²) >= 11 is 1.58. The minimum absolute atomic E-state index is 0. The van der Waals surface area contributed by atoms with E-state index in [2.05, 4.69) is 15.5 Å². The topological polar surface area (TPSA) is 44.4 Å². The largest absolute Gasteiger partial charge is 0.354 e. The molecule has 0 saturated carbocycles. The van der Waals surface area contributed by atoms with Crippen LogP contribution in [0.2, 0.25) is 0 Å². The molecule has 6 heteroatoms. The van der Waals surface area contributed by atoms with Gasteiger partial charge in [-0.25, -0.2) is 0 Å². The molecule has 1 aromatic rings. The predicted octanol–water partition coefficient (Wildman–Crippen LogP) is 1.22. The molecule has 0 atom stereocenters. The zero-order valence-electron chi connectivity index (χ0n) is 11.5. The van der Waals surface area contributed by atoms with E-state index in [1.165, 1.54) is 0 Å². The molecule has 2 N–H and O–H groups in total. The fourth-order valence-corrected chi connectivity index (χ4v) is 2.75. The second-order valence-corrected chi connectivity index (χ2v) is 5.59. The van der Waals surface area contributed by atoms with Gasteiger partial charge in [-0.1, -0.05) is 18.2 Å². The number of thioether (sulfide) groups is 1. The fraction of sp³-hybridized carbons (Fsp3) is 0.500. The summed E-state index contributed by atoms with van der Waals surface area (Å²) in [4.78, 5) is 15.2. The highest BCUT2D eigenvalue weighted by atomic mass is 35.5. The molecule has 0 radical (unpaired) electrons. The maximum Gasteiger partial charge on any atom is 0.230 e. The highest BCUT2D eigenvalue weighted by Gasteiger charge is 2.09. The standard InChI is InChI=1S/C14H21N3OS.ClH/c18-14(12-19-13-4-2-1-3-5-13)16-8-11-17-9-6-15-7-10-17;/h1-5,15H,6-12H2,(H,16,18);1H. The van der Waals surface area contributed by atoms with Crippen molar-refractivity contribution in [3.8, 4) is 0 Å². The van der Waals surface area contributed by atoms with E-state index in [9.17, 15) is 4.79 Å². The molecule has 1 aliphatic heterocycles. The number of amides is 1. The van der Waals surface area contributed by atoms with Gasteiger partial charge in [0.05, 0.1) is 5.75 Å². The van der Waals surface area contributed by atoms with Crippen LogP contribution in [-0.2, 0) is 4.79 Å². The molecular formula is C14H22ClN3OS. The van der Waals surface area contributed by atoms with Crippen LogP contribution in [-0.4, -0.2) is 55.8 Å². The minimum Gasteiger partial charge on any atom is -0.354 e. The second-order valence-electron chi connectivity index (χ2n) is 4.54. The van der Waals surface area contributed by atoms with E-state index < -0.39 is 0 Å². The van der Waals surface area contributed by atoms with E-state index in [1.54, 1.807) is 11.8 Å². The Bertz CT molecular complexity index is 385. The van der Waals surface area contributed by atoms with Gasteiger partial charge in [0.15, 0.2) is 0 Å². The third-order valence-electron chi connectivity index (χ3n) is 3.07. The first kappa shape index (κ1) is 17.3. The summed E-state index contributed by atoms with van der Waals surface area (Å²) in [7, 11) is 0. The van der Waals surface area contributed by atoms with E-state index in [4.69, 9.17) is 0 Å². The van der Waals surface area contributed by atoms with Crippen LogP contribution in [0.4, 0.5) is 0 Å². The molecule has 20 heavy (non-hydrogen) atoms. The van der Waals surface area contributed by atoms with Crippen molar-refractivity contribution < 1.29 is 4.79 Å². The van der Waals surface area contributed by atoms with Crippen molar-refractivity contribution in [3.63, 3.8) is 0 Å². The third-order valence-corrected chi connectivity index (χ3v) is 4.08. The Labute approximate surface area is 131 Å². The fourth-order valence-electron chi connectivity index (χ4n) is 2.00. The summed E-state index contributed by atoms with van der Waals surface area (Å²) in [5.41, 5.74) is 0. The monoisotopic (exact) mass is 315 g/mol. The Morgan fingerprint density at radius 2 is 1.95 bits per heavy atom. The number of nitrogens with zero attached hydrogens (tertiary/aromatic N) is 1. The van der Waals surface area contributed by atoms with Crippen LogP contribution in [0.15, 0.2) is 35.2 Å². The van der Waals surface area contributed by atoms with Gasteiger partial charge in [0.2, 0.25) is 5.91 Å². The summed E-state index contributed by atoms with van der Waals surface area (Å²) in [5, 5.41) is 6.30. The Kier molecular flexibility index (Phi) is 8.69. The summed E-state index contributed by atoms with van der Waals surface area (Å²) in [5.74, 6) is 0.606. The highest BCUT2D eigenvalue weighted by molar-refractivity contribution is 8.00. The summed E-state index contributed by atoms with van der Waals surface area (Å²) in [6.07, 6.45) is 0. The van der Waals surface area contributed by atoms with Crippen molar-refractivity contribution in [1.82, 2.24) is 15.5 Å². The lowest BCUT2D eigenvalue weighted by molar-refractivity contribution is -0.118. The number of benzene rings is 1. The second kappa shape index (κ2) is 10.0. The van der Waals surface area contributed by atoms with Crippen LogP contribution in [0, 0.1) is 0 Å². The highest BCUT2D eigenvalue weighted by Crippen LogP contribution is 2.15. The number of halogens is 1. The van der Waals surface area contributed by atoms with Crippen molar-refractivity contribution in [2.75, 3.05) is 45.0 Å². The summed E-state index contributed by atoms with van der Waals surface area (Å²) in [6.45, 7) is 5.95. The van der Waals surface area contributed by atoms with Crippen molar-refractivity contribution in [1.29, 1.82) is 0 Å². The van der Waals surface area contributed by atoms with Crippen LogP contribution < -0.4 is 10.6 Å². The maximum absolute atomic E-state index is 11.7. The number of hydrogen-bond donors (Lipinski definition) is 2.